The molecule has 0 spiro atoms. The Balaban J connectivity index is 1.99. The molecule has 1 N–H and O–H groups in total. The molecule has 2 rings (SSSR count). The van der Waals surface area contributed by atoms with Gasteiger partial charge in [0.05, 0.1) is 6.20 Å². The second kappa shape index (κ2) is 4.82. The minimum Gasteiger partial charge on any atom is -0.351 e. The number of benzene rings is 1. The quantitative estimate of drug-likeness (QED) is 0.879. The second-order valence-corrected chi connectivity index (χ2v) is 4.01. The highest BCUT2D eigenvalue weighted by Crippen LogP contribution is 2.07. The van der Waals surface area contributed by atoms with E-state index < -0.39 is 0 Å². The fourth-order valence-electron chi connectivity index (χ4n) is 1.59. The van der Waals surface area contributed by atoms with Gasteiger partial charge in [-0.3, -0.25) is 4.79 Å². The van der Waals surface area contributed by atoms with Crippen molar-refractivity contribution in [2.45, 2.75) is 20.4 Å². The minimum atomic E-state index is -0.235. The number of hydrogen-bond donors (Lipinski definition) is 1. The minimum absolute atomic E-state index is 0.235. The molecule has 0 radical (unpaired) electrons. The third-order valence-corrected chi connectivity index (χ3v) is 2.49. The Bertz CT molecular complexity index is 532. The number of rotatable bonds is 3. The summed E-state index contributed by atoms with van der Waals surface area (Å²) in [4.78, 5) is 11.7. The van der Waals surface area contributed by atoms with Gasteiger partial charge in [-0.15, -0.1) is 0 Å². The standard InChI is InChI=1S/C13H14N2O2/c1-9-4-3-5-11(6-9)8-14-13(16)12-10(2)7-15-17-12/h3-7H,8H2,1-2H3,(H,14,16). The Morgan fingerprint density at radius 2 is 2.24 bits per heavy atom. The van der Waals surface area contributed by atoms with E-state index >= 15 is 0 Å². The van der Waals surface area contributed by atoms with E-state index in [4.69, 9.17) is 4.52 Å². The molecule has 1 aromatic heterocycles. The summed E-state index contributed by atoms with van der Waals surface area (Å²) in [5.41, 5.74) is 2.98. The zero-order valence-electron chi connectivity index (χ0n) is 9.86. The van der Waals surface area contributed by atoms with Crippen molar-refractivity contribution >= 4 is 5.91 Å². The average molecular weight is 230 g/mol. The summed E-state index contributed by atoms with van der Waals surface area (Å²) in [7, 11) is 0. The molecule has 1 amide bonds. The number of aromatic nitrogens is 1. The molecule has 0 fully saturated rings. The van der Waals surface area contributed by atoms with Crippen LogP contribution in [0.25, 0.3) is 0 Å². The largest absolute Gasteiger partial charge is 0.351 e. The van der Waals surface area contributed by atoms with Gasteiger partial charge < -0.3 is 9.84 Å². The normalized spacial score (nSPS) is 10.2. The van der Waals surface area contributed by atoms with Crippen molar-refractivity contribution in [3.63, 3.8) is 0 Å². The van der Waals surface area contributed by atoms with Crippen LogP contribution in [0.1, 0.15) is 27.2 Å². The molecule has 0 aliphatic carbocycles. The third-order valence-electron chi connectivity index (χ3n) is 2.49. The van der Waals surface area contributed by atoms with Gasteiger partial charge in [0.2, 0.25) is 5.76 Å². The van der Waals surface area contributed by atoms with Crippen molar-refractivity contribution in [1.29, 1.82) is 0 Å². The number of nitrogens with zero attached hydrogens (tertiary/aromatic N) is 1. The highest BCUT2D eigenvalue weighted by Gasteiger charge is 2.13. The van der Waals surface area contributed by atoms with Crippen molar-refractivity contribution in [3.8, 4) is 0 Å². The van der Waals surface area contributed by atoms with Crippen LogP contribution in [-0.4, -0.2) is 11.1 Å². The van der Waals surface area contributed by atoms with Crippen LogP contribution in [0.5, 0.6) is 0 Å². The van der Waals surface area contributed by atoms with E-state index in [-0.39, 0.29) is 11.7 Å². The van der Waals surface area contributed by atoms with Crippen LogP contribution in [0.2, 0.25) is 0 Å². The second-order valence-electron chi connectivity index (χ2n) is 4.01. The van der Waals surface area contributed by atoms with Crippen LogP contribution >= 0.6 is 0 Å². The highest BCUT2D eigenvalue weighted by molar-refractivity contribution is 5.92. The first-order valence-electron chi connectivity index (χ1n) is 5.42. The summed E-state index contributed by atoms with van der Waals surface area (Å²) in [6, 6.07) is 8.00. The molecule has 0 atom stereocenters. The summed E-state index contributed by atoms with van der Waals surface area (Å²) in [5.74, 6) is 0.0409. The van der Waals surface area contributed by atoms with E-state index in [0.717, 1.165) is 11.1 Å². The van der Waals surface area contributed by atoms with E-state index in [1.165, 1.54) is 11.8 Å². The van der Waals surface area contributed by atoms with Gasteiger partial charge in [-0.1, -0.05) is 35.0 Å². The maximum absolute atomic E-state index is 11.7. The number of nitrogens with one attached hydrogen (secondary N) is 1. The van der Waals surface area contributed by atoms with Gasteiger partial charge >= 0.3 is 0 Å². The van der Waals surface area contributed by atoms with Crippen molar-refractivity contribution in [2.24, 2.45) is 0 Å². The van der Waals surface area contributed by atoms with Crippen molar-refractivity contribution in [2.75, 3.05) is 0 Å². The summed E-state index contributed by atoms with van der Waals surface area (Å²) < 4.78 is 4.88. The zero-order chi connectivity index (χ0) is 12.3. The fraction of sp³-hybridized carbons (Fsp3) is 0.231. The average Bonchev–Trinajstić information content (AvgIpc) is 2.72. The molecule has 0 bridgehead atoms. The SMILES string of the molecule is Cc1cccc(CNC(=O)c2oncc2C)c1. The molecule has 0 saturated heterocycles. The van der Waals surface area contributed by atoms with E-state index in [0.29, 0.717) is 6.54 Å². The Labute approximate surface area is 99.6 Å². The van der Waals surface area contributed by atoms with E-state index in [2.05, 4.69) is 10.5 Å². The number of carbonyl (C=O) groups is 1. The lowest BCUT2D eigenvalue weighted by molar-refractivity contribution is 0.0913. The highest BCUT2D eigenvalue weighted by atomic mass is 16.5. The molecule has 1 heterocycles. The van der Waals surface area contributed by atoms with Crippen LogP contribution < -0.4 is 5.32 Å². The molecule has 4 nitrogen and oxygen atoms in total. The Hall–Kier alpha value is -2.10. The number of hydrogen-bond acceptors (Lipinski definition) is 3. The molecule has 0 unspecified atom stereocenters. The van der Waals surface area contributed by atoms with Gasteiger partial charge in [0.1, 0.15) is 0 Å². The van der Waals surface area contributed by atoms with Gasteiger partial charge in [-0.25, -0.2) is 0 Å². The van der Waals surface area contributed by atoms with Crippen molar-refractivity contribution in [3.05, 3.63) is 52.9 Å². The maximum Gasteiger partial charge on any atom is 0.290 e. The smallest absolute Gasteiger partial charge is 0.290 e. The van der Waals surface area contributed by atoms with Crippen LogP contribution in [0, 0.1) is 13.8 Å². The summed E-state index contributed by atoms with van der Waals surface area (Å²) >= 11 is 0. The Kier molecular flexibility index (Phi) is 3.23. The van der Waals surface area contributed by atoms with Crippen LogP contribution in [0.4, 0.5) is 0 Å². The van der Waals surface area contributed by atoms with Gasteiger partial charge in [-0.05, 0) is 19.4 Å². The van der Waals surface area contributed by atoms with Crippen LogP contribution in [0.3, 0.4) is 0 Å². The lowest BCUT2D eigenvalue weighted by Crippen LogP contribution is -2.22. The number of aryl methyl sites for hydroxylation is 2. The van der Waals surface area contributed by atoms with E-state index in [1.54, 1.807) is 6.92 Å². The molecule has 2 aromatic rings. The molecular weight excluding hydrogens is 216 g/mol. The molecule has 0 saturated carbocycles. The number of carbonyl (C=O) groups excluding carboxylic acids is 1. The maximum atomic E-state index is 11.7. The number of amides is 1. The van der Waals surface area contributed by atoms with Gasteiger partial charge in [0.25, 0.3) is 5.91 Å². The summed E-state index contributed by atoms with van der Waals surface area (Å²) in [6.45, 7) is 4.30. The first kappa shape index (κ1) is 11.4. The van der Waals surface area contributed by atoms with Crippen LogP contribution in [-0.2, 0) is 6.54 Å². The first-order valence-corrected chi connectivity index (χ1v) is 5.42. The Morgan fingerprint density at radius 3 is 2.88 bits per heavy atom. The zero-order valence-corrected chi connectivity index (χ0v) is 9.86. The van der Waals surface area contributed by atoms with Crippen molar-refractivity contribution < 1.29 is 9.32 Å². The van der Waals surface area contributed by atoms with Crippen molar-refractivity contribution in [1.82, 2.24) is 10.5 Å². The van der Waals surface area contributed by atoms with Gasteiger partial charge in [0, 0.05) is 12.1 Å². The summed E-state index contributed by atoms with van der Waals surface area (Å²) in [5, 5.41) is 6.37. The lowest BCUT2D eigenvalue weighted by atomic mass is 10.1. The molecular formula is C13H14N2O2. The first-order chi connectivity index (χ1) is 8.16. The topological polar surface area (TPSA) is 55.1 Å². The Morgan fingerprint density at radius 1 is 1.41 bits per heavy atom. The van der Waals surface area contributed by atoms with Gasteiger partial charge in [0.15, 0.2) is 0 Å². The van der Waals surface area contributed by atoms with Gasteiger partial charge in [-0.2, -0.15) is 0 Å². The monoisotopic (exact) mass is 230 g/mol. The third kappa shape index (κ3) is 2.72. The molecule has 1 aromatic carbocycles. The van der Waals surface area contributed by atoms with E-state index in [1.807, 2.05) is 31.2 Å². The lowest BCUT2D eigenvalue weighted by Gasteiger charge is -2.04. The fourth-order valence-corrected chi connectivity index (χ4v) is 1.59. The molecule has 17 heavy (non-hydrogen) atoms. The summed E-state index contributed by atoms with van der Waals surface area (Å²) in [6.07, 6.45) is 1.53. The molecule has 88 valence electrons. The molecule has 0 aliphatic rings. The molecule has 0 aliphatic heterocycles. The predicted molar refractivity (Wildman–Crippen MR) is 63.6 cm³/mol. The van der Waals surface area contributed by atoms with E-state index in [9.17, 15) is 4.79 Å². The predicted octanol–water partition coefficient (Wildman–Crippen LogP) is 2.22. The molecule has 4 heteroatoms. The van der Waals surface area contributed by atoms with Crippen LogP contribution in [0.15, 0.2) is 35.0 Å².